The number of rotatable bonds is 6. The molecule has 1 saturated carbocycles. The van der Waals surface area contributed by atoms with E-state index in [1.54, 1.807) is 0 Å². The predicted molar refractivity (Wildman–Crippen MR) is 92.5 cm³/mol. The molecule has 25 heavy (non-hydrogen) atoms. The highest BCUT2D eigenvalue weighted by atomic mass is 32.2. The number of nitro groups is 1. The molecule has 1 aromatic carbocycles. The first kappa shape index (κ1) is 19.3. The minimum absolute atomic E-state index is 0.0650. The zero-order valence-corrected chi connectivity index (χ0v) is 15.2. The predicted octanol–water partition coefficient (Wildman–Crippen LogP) is 1.91. The second-order valence-corrected chi connectivity index (χ2v) is 8.50. The van der Waals surface area contributed by atoms with E-state index in [0.29, 0.717) is 5.92 Å². The van der Waals surface area contributed by atoms with Gasteiger partial charge in [-0.05, 0) is 24.8 Å². The summed E-state index contributed by atoms with van der Waals surface area (Å²) in [5.41, 5.74) is -0.310. The highest BCUT2D eigenvalue weighted by molar-refractivity contribution is 7.89. The number of non-ortho nitro benzene ring substituents is 1. The third-order valence-corrected chi connectivity index (χ3v) is 6.36. The molecule has 1 aromatic rings. The van der Waals surface area contributed by atoms with Crippen molar-refractivity contribution in [2.45, 2.75) is 43.5 Å². The number of nitro benzene ring substituents is 1. The van der Waals surface area contributed by atoms with Crippen LogP contribution in [0.1, 0.15) is 32.6 Å². The van der Waals surface area contributed by atoms with E-state index in [1.807, 2.05) is 0 Å². The largest absolute Gasteiger partial charge is 0.352 e. The van der Waals surface area contributed by atoms with E-state index < -0.39 is 14.9 Å². The summed E-state index contributed by atoms with van der Waals surface area (Å²) in [7, 11) is -2.69. The molecule has 1 fully saturated rings. The highest BCUT2D eigenvalue weighted by Gasteiger charge is 2.27. The molecule has 1 amide bonds. The van der Waals surface area contributed by atoms with Crippen LogP contribution in [0, 0.1) is 16.0 Å². The van der Waals surface area contributed by atoms with Gasteiger partial charge in [-0.25, -0.2) is 8.42 Å². The molecule has 1 aliphatic carbocycles. The van der Waals surface area contributed by atoms with E-state index in [4.69, 9.17) is 0 Å². The van der Waals surface area contributed by atoms with E-state index in [-0.39, 0.29) is 29.1 Å². The number of benzene rings is 1. The first-order valence-corrected chi connectivity index (χ1v) is 9.66. The van der Waals surface area contributed by atoms with E-state index in [1.165, 1.54) is 25.2 Å². The Balaban J connectivity index is 2.05. The Morgan fingerprint density at radius 1 is 1.36 bits per heavy atom. The van der Waals surface area contributed by atoms with Crippen molar-refractivity contribution in [3.8, 4) is 0 Å². The van der Waals surface area contributed by atoms with Crippen molar-refractivity contribution >= 4 is 21.6 Å². The molecule has 138 valence electrons. The minimum atomic E-state index is -3.98. The SMILES string of the molecule is CC1CCCCC1NC(=O)CN(C)S(=O)(=O)c1cccc([N+](=O)[O-])c1. The molecule has 0 aliphatic heterocycles. The Hall–Kier alpha value is -2.00. The van der Waals surface area contributed by atoms with Crippen molar-refractivity contribution in [2.24, 2.45) is 5.92 Å². The monoisotopic (exact) mass is 369 g/mol. The number of nitrogens with zero attached hydrogens (tertiary/aromatic N) is 2. The molecule has 0 radical (unpaired) electrons. The Morgan fingerprint density at radius 3 is 2.68 bits per heavy atom. The first-order valence-electron chi connectivity index (χ1n) is 8.22. The van der Waals surface area contributed by atoms with Gasteiger partial charge >= 0.3 is 0 Å². The number of hydrogen-bond acceptors (Lipinski definition) is 5. The van der Waals surface area contributed by atoms with Gasteiger partial charge in [0.1, 0.15) is 0 Å². The van der Waals surface area contributed by atoms with Crippen LogP contribution in [0.15, 0.2) is 29.2 Å². The molecule has 1 aliphatic rings. The van der Waals surface area contributed by atoms with Crippen LogP contribution >= 0.6 is 0 Å². The number of amides is 1. The van der Waals surface area contributed by atoms with Gasteiger partial charge in [0.05, 0.1) is 16.4 Å². The Labute approximate surface area is 147 Å². The van der Waals surface area contributed by atoms with Gasteiger partial charge in [0.2, 0.25) is 15.9 Å². The molecule has 2 atom stereocenters. The van der Waals surface area contributed by atoms with Crippen LogP contribution in [-0.4, -0.2) is 43.2 Å². The lowest BCUT2D eigenvalue weighted by Gasteiger charge is -2.30. The molecule has 9 heteroatoms. The summed E-state index contributed by atoms with van der Waals surface area (Å²) in [6, 6.07) is 4.86. The average Bonchev–Trinajstić information content (AvgIpc) is 2.57. The number of carbonyl (C=O) groups is 1. The summed E-state index contributed by atoms with van der Waals surface area (Å²) >= 11 is 0. The number of carbonyl (C=O) groups excluding carboxylic acids is 1. The van der Waals surface area contributed by atoms with Crippen LogP contribution in [-0.2, 0) is 14.8 Å². The standard InChI is InChI=1S/C16H23N3O5S/c1-12-6-3-4-9-15(12)17-16(20)11-18(2)25(23,24)14-8-5-7-13(10-14)19(21)22/h5,7-8,10,12,15H,3-4,6,9,11H2,1-2H3,(H,17,20). The normalized spacial score (nSPS) is 21.1. The van der Waals surface area contributed by atoms with E-state index >= 15 is 0 Å². The van der Waals surface area contributed by atoms with E-state index in [2.05, 4.69) is 12.2 Å². The first-order chi connectivity index (χ1) is 11.7. The summed E-state index contributed by atoms with van der Waals surface area (Å²) < 4.78 is 26.0. The maximum Gasteiger partial charge on any atom is 0.270 e. The molecular formula is C16H23N3O5S. The van der Waals surface area contributed by atoms with Crippen LogP contribution < -0.4 is 5.32 Å². The summed E-state index contributed by atoms with van der Waals surface area (Å²) in [6.07, 6.45) is 4.15. The zero-order valence-electron chi connectivity index (χ0n) is 14.3. The number of hydrogen-bond donors (Lipinski definition) is 1. The van der Waals surface area contributed by atoms with Crippen LogP contribution in [0.3, 0.4) is 0 Å². The lowest BCUT2D eigenvalue weighted by atomic mass is 9.86. The summed E-state index contributed by atoms with van der Waals surface area (Å²) in [4.78, 5) is 22.1. The van der Waals surface area contributed by atoms with Gasteiger partial charge in [0.15, 0.2) is 0 Å². The molecule has 0 spiro atoms. The molecule has 2 unspecified atom stereocenters. The number of sulfonamides is 1. The fourth-order valence-corrected chi connectivity index (χ4v) is 4.18. The van der Waals surface area contributed by atoms with Crippen molar-refractivity contribution in [2.75, 3.05) is 13.6 Å². The van der Waals surface area contributed by atoms with Crippen LogP contribution in [0.5, 0.6) is 0 Å². The molecule has 2 rings (SSSR count). The Kier molecular flexibility index (Phi) is 6.12. The maximum atomic E-state index is 12.5. The maximum absolute atomic E-state index is 12.5. The molecule has 0 bridgehead atoms. The molecule has 0 aromatic heterocycles. The summed E-state index contributed by atoms with van der Waals surface area (Å²) in [6.45, 7) is 1.75. The van der Waals surface area contributed by atoms with Gasteiger partial charge in [0.25, 0.3) is 5.69 Å². The number of nitrogens with one attached hydrogen (secondary N) is 1. The second-order valence-electron chi connectivity index (χ2n) is 6.45. The van der Waals surface area contributed by atoms with Gasteiger partial charge in [0, 0.05) is 25.2 Å². The van der Waals surface area contributed by atoms with Crippen LogP contribution in [0.2, 0.25) is 0 Å². The quantitative estimate of drug-likeness (QED) is 0.608. The zero-order chi connectivity index (χ0) is 18.6. The second kappa shape index (κ2) is 7.92. The van der Waals surface area contributed by atoms with Gasteiger partial charge in [-0.3, -0.25) is 14.9 Å². The van der Waals surface area contributed by atoms with E-state index in [9.17, 15) is 23.3 Å². The van der Waals surface area contributed by atoms with Crippen molar-refractivity contribution in [3.05, 3.63) is 34.4 Å². The van der Waals surface area contributed by atoms with Gasteiger partial charge in [-0.1, -0.05) is 25.8 Å². The van der Waals surface area contributed by atoms with Crippen molar-refractivity contribution in [3.63, 3.8) is 0 Å². The molecule has 0 saturated heterocycles. The number of likely N-dealkylation sites (N-methyl/N-ethyl adjacent to an activating group) is 1. The third kappa shape index (κ3) is 4.76. The van der Waals surface area contributed by atoms with Gasteiger partial charge < -0.3 is 5.32 Å². The summed E-state index contributed by atoms with van der Waals surface area (Å²) in [5, 5.41) is 13.7. The Bertz CT molecular complexity index is 750. The minimum Gasteiger partial charge on any atom is -0.352 e. The molecular weight excluding hydrogens is 346 g/mol. The molecule has 8 nitrogen and oxygen atoms in total. The smallest absolute Gasteiger partial charge is 0.270 e. The van der Waals surface area contributed by atoms with Crippen LogP contribution in [0.25, 0.3) is 0 Å². The Morgan fingerprint density at radius 2 is 2.04 bits per heavy atom. The van der Waals surface area contributed by atoms with Gasteiger partial charge in [-0.2, -0.15) is 4.31 Å². The van der Waals surface area contributed by atoms with Crippen LogP contribution in [0.4, 0.5) is 5.69 Å². The fraction of sp³-hybridized carbons (Fsp3) is 0.562. The summed E-state index contributed by atoms with van der Waals surface area (Å²) in [5.74, 6) is 0.00615. The average molecular weight is 369 g/mol. The third-order valence-electron chi connectivity index (χ3n) is 4.56. The molecule has 0 heterocycles. The van der Waals surface area contributed by atoms with Crippen molar-refractivity contribution in [1.29, 1.82) is 0 Å². The highest BCUT2D eigenvalue weighted by Crippen LogP contribution is 2.24. The van der Waals surface area contributed by atoms with Gasteiger partial charge in [-0.15, -0.1) is 0 Å². The topological polar surface area (TPSA) is 110 Å². The lowest BCUT2D eigenvalue weighted by Crippen LogP contribution is -2.46. The van der Waals surface area contributed by atoms with Crippen molar-refractivity contribution in [1.82, 2.24) is 9.62 Å². The molecule has 1 N–H and O–H groups in total. The van der Waals surface area contributed by atoms with Crippen molar-refractivity contribution < 1.29 is 18.1 Å². The van der Waals surface area contributed by atoms with E-state index in [0.717, 1.165) is 36.1 Å². The lowest BCUT2D eigenvalue weighted by molar-refractivity contribution is -0.385. The fourth-order valence-electron chi connectivity index (χ4n) is 3.01.